The maximum atomic E-state index is 13.4. The van der Waals surface area contributed by atoms with E-state index in [0.29, 0.717) is 12.1 Å². The fourth-order valence-corrected chi connectivity index (χ4v) is 3.41. The SMILES string of the molecule is CC(C)n1cnnc1CN(C)C1CCN(c2ccc(F)c(F)c2)CC1. The van der Waals surface area contributed by atoms with Gasteiger partial charge in [0.25, 0.3) is 0 Å². The Hall–Kier alpha value is -2.02. The van der Waals surface area contributed by atoms with Gasteiger partial charge in [0.1, 0.15) is 12.2 Å². The lowest BCUT2D eigenvalue weighted by atomic mass is 10.0. The standard InChI is InChI=1S/C18H25F2N5/c1-13(2)25-12-21-22-18(25)11-23(3)14-6-8-24(9-7-14)15-4-5-16(19)17(20)10-15/h4-5,10,12-14H,6-9,11H2,1-3H3. The number of aromatic nitrogens is 3. The number of anilines is 1. The smallest absolute Gasteiger partial charge is 0.160 e. The number of halogens is 2. The predicted octanol–water partition coefficient (Wildman–Crippen LogP) is 3.24. The Labute approximate surface area is 147 Å². The molecule has 2 aromatic rings. The van der Waals surface area contributed by atoms with Crippen LogP contribution < -0.4 is 4.90 Å². The lowest BCUT2D eigenvalue weighted by Crippen LogP contribution is -2.43. The Kier molecular flexibility index (Phi) is 5.32. The van der Waals surface area contributed by atoms with Crippen LogP contribution in [0.3, 0.4) is 0 Å². The largest absolute Gasteiger partial charge is 0.371 e. The second-order valence-electron chi connectivity index (χ2n) is 6.98. The first-order valence-corrected chi connectivity index (χ1v) is 8.74. The van der Waals surface area contributed by atoms with Crippen LogP contribution in [-0.2, 0) is 6.54 Å². The molecule has 25 heavy (non-hydrogen) atoms. The molecule has 1 fully saturated rings. The second-order valence-corrected chi connectivity index (χ2v) is 6.98. The van der Waals surface area contributed by atoms with Crippen molar-refractivity contribution < 1.29 is 8.78 Å². The Morgan fingerprint density at radius 3 is 2.56 bits per heavy atom. The van der Waals surface area contributed by atoms with E-state index in [-0.39, 0.29) is 0 Å². The number of rotatable bonds is 5. The van der Waals surface area contributed by atoms with E-state index in [1.165, 1.54) is 12.1 Å². The van der Waals surface area contributed by atoms with Gasteiger partial charge in [-0.2, -0.15) is 0 Å². The van der Waals surface area contributed by atoms with Gasteiger partial charge in [-0.1, -0.05) is 0 Å². The summed E-state index contributed by atoms with van der Waals surface area (Å²) in [6.07, 6.45) is 3.73. The van der Waals surface area contributed by atoms with Crippen molar-refractivity contribution in [1.29, 1.82) is 0 Å². The van der Waals surface area contributed by atoms with Crippen molar-refractivity contribution >= 4 is 5.69 Å². The summed E-state index contributed by atoms with van der Waals surface area (Å²) in [5.74, 6) is -0.613. The molecular formula is C18H25F2N5. The summed E-state index contributed by atoms with van der Waals surface area (Å²) in [6, 6.07) is 4.91. The predicted molar refractivity (Wildman–Crippen MR) is 93.5 cm³/mol. The van der Waals surface area contributed by atoms with Crippen LogP contribution in [0.1, 0.15) is 38.6 Å². The van der Waals surface area contributed by atoms with Gasteiger partial charge in [-0.25, -0.2) is 8.78 Å². The molecule has 0 radical (unpaired) electrons. The molecule has 0 aliphatic carbocycles. The Bertz CT molecular complexity index is 707. The normalized spacial score (nSPS) is 16.2. The van der Waals surface area contributed by atoms with Crippen LogP contribution in [0.4, 0.5) is 14.5 Å². The first-order chi connectivity index (χ1) is 12.0. The number of hydrogen-bond acceptors (Lipinski definition) is 4. The lowest BCUT2D eigenvalue weighted by molar-refractivity contribution is 0.192. The third-order valence-corrected chi connectivity index (χ3v) is 4.95. The van der Waals surface area contributed by atoms with Crippen LogP contribution in [0.25, 0.3) is 0 Å². The van der Waals surface area contributed by atoms with Crippen molar-refractivity contribution in [1.82, 2.24) is 19.7 Å². The molecule has 136 valence electrons. The fraction of sp³-hybridized carbons (Fsp3) is 0.556. The van der Waals surface area contributed by atoms with Crippen molar-refractivity contribution in [2.24, 2.45) is 0 Å². The van der Waals surface area contributed by atoms with Gasteiger partial charge in [0.2, 0.25) is 0 Å². The molecule has 1 aromatic heterocycles. The van der Waals surface area contributed by atoms with E-state index in [0.717, 1.165) is 44.0 Å². The number of piperidine rings is 1. The number of benzene rings is 1. The van der Waals surface area contributed by atoms with Gasteiger partial charge < -0.3 is 9.47 Å². The molecule has 1 aliphatic rings. The highest BCUT2D eigenvalue weighted by Gasteiger charge is 2.24. The van der Waals surface area contributed by atoms with Crippen molar-refractivity contribution in [2.45, 2.75) is 45.3 Å². The molecule has 0 unspecified atom stereocenters. The van der Waals surface area contributed by atoms with Crippen LogP contribution in [0.2, 0.25) is 0 Å². The molecule has 2 heterocycles. The summed E-state index contributed by atoms with van der Waals surface area (Å²) >= 11 is 0. The van der Waals surface area contributed by atoms with Crippen molar-refractivity contribution in [3.8, 4) is 0 Å². The molecule has 1 aliphatic heterocycles. The summed E-state index contributed by atoms with van der Waals surface area (Å²) < 4.78 is 28.6. The van der Waals surface area contributed by atoms with Gasteiger partial charge in [0.15, 0.2) is 11.6 Å². The van der Waals surface area contributed by atoms with E-state index < -0.39 is 11.6 Å². The minimum atomic E-state index is -0.798. The van der Waals surface area contributed by atoms with E-state index in [1.54, 1.807) is 12.4 Å². The second kappa shape index (κ2) is 7.47. The molecule has 0 spiro atoms. The quantitative estimate of drug-likeness (QED) is 0.830. The Morgan fingerprint density at radius 2 is 1.92 bits per heavy atom. The van der Waals surface area contributed by atoms with Crippen LogP contribution in [0.5, 0.6) is 0 Å². The zero-order valence-corrected chi connectivity index (χ0v) is 15.0. The van der Waals surface area contributed by atoms with Crippen LogP contribution in [0.15, 0.2) is 24.5 Å². The van der Waals surface area contributed by atoms with Gasteiger partial charge in [-0.3, -0.25) is 4.90 Å². The third kappa shape index (κ3) is 3.98. The summed E-state index contributed by atoms with van der Waals surface area (Å²) in [5, 5.41) is 8.26. The first-order valence-electron chi connectivity index (χ1n) is 8.74. The fourth-order valence-electron chi connectivity index (χ4n) is 3.41. The summed E-state index contributed by atoms with van der Waals surface area (Å²) in [5.41, 5.74) is 0.750. The van der Waals surface area contributed by atoms with E-state index in [2.05, 4.69) is 45.5 Å². The zero-order chi connectivity index (χ0) is 18.0. The molecule has 0 amide bonds. The average molecular weight is 349 g/mol. The number of nitrogens with zero attached hydrogens (tertiary/aromatic N) is 5. The molecule has 5 nitrogen and oxygen atoms in total. The Balaban J connectivity index is 1.58. The van der Waals surface area contributed by atoms with Gasteiger partial charge >= 0.3 is 0 Å². The summed E-state index contributed by atoms with van der Waals surface area (Å²) in [4.78, 5) is 4.43. The molecule has 0 bridgehead atoms. The Morgan fingerprint density at radius 1 is 1.20 bits per heavy atom. The molecule has 0 saturated carbocycles. The minimum absolute atomic E-state index is 0.341. The van der Waals surface area contributed by atoms with Gasteiger partial charge in [-0.15, -0.1) is 10.2 Å². The maximum Gasteiger partial charge on any atom is 0.160 e. The van der Waals surface area contributed by atoms with Crippen molar-refractivity contribution in [3.63, 3.8) is 0 Å². The highest BCUT2D eigenvalue weighted by molar-refractivity contribution is 5.47. The van der Waals surface area contributed by atoms with E-state index in [4.69, 9.17) is 0 Å². The molecule has 7 heteroatoms. The molecule has 3 rings (SSSR count). The molecule has 0 N–H and O–H groups in total. The van der Waals surface area contributed by atoms with Crippen molar-refractivity contribution in [2.75, 3.05) is 25.0 Å². The third-order valence-electron chi connectivity index (χ3n) is 4.95. The maximum absolute atomic E-state index is 13.4. The molecule has 1 aromatic carbocycles. The van der Waals surface area contributed by atoms with Crippen LogP contribution >= 0.6 is 0 Å². The number of hydrogen-bond donors (Lipinski definition) is 0. The summed E-state index contributed by atoms with van der Waals surface area (Å²) in [7, 11) is 2.11. The van der Waals surface area contributed by atoms with Crippen LogP contribution in [0, 0.1) is 11.6 Å². The molecule has 0 atom stereocenters. The van der Waals surface area contributed by atoms with E-state index >= 15 is 0 Å². The van der Waals surface area contributed by atoms with Crippen LogP contribution in [-0.4, -0.2) is 45.8 Å². The van der Waals surface area contributed by atoms with Gasteiger partial charge in [0, 0.05) is 36.9 Å². The first kappa shape index (κ1) is 17.8. The molecule has 1 saturated heterocycles. The highest BCUT2D eigenvalue weighted by Crippen LogP contribution is 2.24. The molecular weight excluding hydrogens is 324 g/mol. The van der Waals surface area contributed by atoms with E-state index in [9.17, 15) is 8.78 Å². The van der Waals surface area contributed by atoms with Gasteiger partial charge in [-0.05, 0) is 45.9 Å². The zero-order valence-electron chi connectivity index (χ0n) is 15.0. The highest BCUT2D eigenvalue weighted by atomic mass is 19.2. The topological polar surface area (TPSA) is 37.2 Å². The van der Waals surface area contributed by atoms with Crippen molar-refractivity contribution in [3.05, 3.63) is 42.0 Å². The lowest BCUT2D eigenvalue weighted by Gasteiger charge is -2.37. The van der Waals surface area contributed by atoms with Gasteiger partial charge in [0.05, 0.1) is 6.54 Å². The average Bonchev–Trinajstić information content (AvgIpc) is 3.06. The summed E-state index contributed by atoms with van der Waals surface area (Å²) in [6.45, 7) is 6.66. The monoisotopic (exact) mass is 349 g/mol. The van der Waals surface area contributed by atoms with E-state index in [1.807, 2.05) is 0 Å². The minimum Gasteiger partial charge on any atom is -0.371 e.